The summed E-state index contributed by atoms with van der Waals surface area (Å²) in [6, 6.07) is 17.4. The molecule has 1 aliphatic heterocycles. The van der Waals surface area contributed by atoms with E-state index < -0.39 is 0 Å². The summed E-state index contributed by atoms with van der Waals surface area (Å²) in [4.78, 5) is 8.86. The van der Waals surface area contributed by atoms with Gasteiger partial charge in [0.15, 0.2) is 5.84 Å². The molecule has 2 heterocycles. The van der Waals surface area contributed by atoms with Gasteiger partial charge in [-0.15, -0.1) is 0 Å². The van der Waals surface area contributed by atoms with Crippen molar-refractivity contribution in [3.05, 3.63) is 83.7 Å². The molecule has 0 amide bonds. The van der Waals surface area contributed by atoms with Crippen LogP contribution in [0.3, 0.4) is 0 Å². The minimum atomic E-state index is 0.630. The maximum atomic E-state index is 5.55. The molecule has 0 radical (unpaired) electrons. The maximum absolute atomic E-state index is 5.55. The molecule has 28 heavy (non-hydrogen) atoms. The van der Waals surface area contributed by atoms with E-state index >= 15 is 0 Å². The van der Waals surface area contributed by atoms with Gasteiger partial charge in [-0.1, -0.05) is 0 Å². The highest BCUT2D eigenvalue weighted by Gasteiger charge is 2.18. The molecule has 6 heteroatoms. The van der Waals surface area contributed by atoms with Crippen molar-refractivity contribution in [1.29, 1.82) is 0 Å². The molecule has 0 bridgehead atoms. The lowest BCUT2D eigenvalue weighted by Crippen LogP contribution is -2.19. The van der Waals surface area contributed by atoms with Gasteiger partial charge in [-0.3, -0.25) is 10.4 Å². The fourth-order valence-corrected chi connectivity index (χ4v) is 2.98. The fraction of sp³-hybridized carbons (Fsp3) is 0.136. The van der Waals surface area contributed by atoms with Gasteiger partial charge in [0.2, 0.25) is 0 Å². The number of hydrogen-bond acceptors (Lipinski definition) is 6. The van der Waals surface area contributed by atoms with E-state index in [0.29, 0.717) is 12.4 Å². The van der Waals surface area contributed by atoms with Gasteiger partial charge in [0.25, 0.3) is 0 Å². The number of ether oxygens (including phenoxy) is 2. The van der Waals surface area contributed by atoms with Gasteiger partial charge < -0.3 is 9.47 Å². The third kappa shape index (κ3) is 3.57. The Bertz CT molecular complexity index is 1030. The molecule has 3 aromatic rings. The zero-order chi connectivity index (χ0) is 19.3. The van der Waals surface area contributed by atoms with Crippen molar-refractivity contribution in [3.8, 4) is 11.5 Å². The van der Waals surface area contributed by atoms with Gasteiger partial charge in [0.1, 0.15) is 17.2 Å². The molecule has 0 saturated heterocycles. The van der Waals surface area contributed by atoms with Crippen LogP contribution in [0.5, 0.6) is 11.5 Å². The number of hydrogen-bond donors (Lipinski definition) is 1. The number of hydrazone groups is 1. The number of benzene rings is 2. The average Bonchev–Trinajstić information content (AvgIpc) is 2.94. The van der Waals surface area contributed by atoms with Crippen LogP contribution in [0.2, 0.25) is 0 Å². The van der Waals surface area contributed by atoms with Crippen molar-refractivity contribution in [2.75, 3.05) is 13.7 Å². The number of nitrogens with one attached hydrogen (secondary N) is 1. The van der Waals surface area contributed by atoms with E-state index in [0.717, 1.165) is 39.6 Å². The highest BCUT2D eigenvalue weighted by atomic mass is 16.5. The lowest BCUT2D eigenvalue weighted by molar-refractivity contribution is 0.340. The second kappa shape index (κ2) is 7.92. The first-order valence-electron chi connectivity index (χ1n) is 9.03. The minimum Gasteiger partial charge on any atom is -0.497 e. The summed E-state index contributed by atoms with van der Waals surface area (Å²) in [5.74, 6) is 2.24. The Morgan fingerprint density at radius 1 is 0.893 bits per heavy atom. The molecule has 6 nitrogen and oxygen atoms in total. The van der Waals surface area contributed by atoms with Crippen molar-refractivity contribution in [1.82, 2.24) is 10.4 Å². The van der Waals surface area contributed by atoms with Crippen LogP contribution in [0.1, 0.15) is 23.6 Å². The Morgan fingerprint density at radius 3 is 2.36 bits per heavy atom. The van der Waals surface area contributed by atoms with Crippen LogP contribution < -0.4 is 14.9 Å². The summed E-state index contributed by atoms with van der Waals surface area (Å²) < 4.78 is 11.0. The highest BCUT2D eigenvalue weighted by Crippen LogP contribution is 2.30. The van der Waals surface area contributed by atoms with Crippen molar-refractivity contribution in [2.24, 2.45) is 10.1 Å². The number of fused-ring (bicyclic) bond motifs is 1. The van der Waals surface area contributed by atoms with E-state index in [9.17, 15) is 0 Å². The predicted octanol–water partition coefficient (Wildman–Crippen LogP) is 3.92. The number of nitrogens with zero attached hydrogens (tertiary/aromatic N) is 3. The van der Waals surface area contributed by atoms with E-state index in [-0.39, 0.29) is 0 Å². The molecule has 0 aliphatic carbocycles. The minimum absolute atomic E-state index is 0.630. The Labute approximate surface area is 163 Å². The summed E-state index contributed by atoms with van der Waals surface area (Å²) >= 11 is 0. The standard InChI is InChI=1S/C22H20N4O2/c1-3-28-17-6-4-15(5-7-17)21-19-14-18(27-2)8-9-20(19)24-22(26-25-21)16-10-12-23-13-11-16/h4-14H,3H2,1-2H3,(H,24,26). The van der Waals surface area contributed by atoms with Crippen molar-refractivity contribution < 1.29 is 9.47 Å². The second-order valence-electron chi connectivity index (χ2n) is 6.11. The number of aliphatic imine (C=N–C) groups is 1. The monoisotopic (exact) mass is 372 g/mol. The molecule has 2 aromatic carbocycles. The lowest BCUT2D eigenvalue weighted by Gasteiger charge is -2.10. The van der Waals surface area contributed by atoms with Crippen LogP contribution in [-0.2, 0) is 0 Å². The van der Waals surface area contributed by atoms with Crippen molar-refractivity contribution >= 4 is 17.2 Å². The van der Waals surface area contributed by atoms with Gasteiger partial charge in [-0.2, -0.15) is 5.10 Å². The largest absolute Gasteiger partial charge is 0.497 e. The van der Waals surface area contributed by atoms with Gasteiger partial charge >= 0.3 is 0 Å². The smallest absolute Gasteiger partial charge is 0.154 e. The zero-order valence-electron chi connectivity index (χ0n) is 15.7. The summed E-state index contributed by atoms with van der Waals surface area (Å²) in [5, 5.41) is 4.66. The van der Waals surface area contributed by atoms with E-state index in [1.807, 2.05) is 61.5 Å². The molecule has 0 unspecified atom stereocenters. The van der Waals surface area contributed by atoms with Crippen LogP contribution >= 0.6 is 0 Å². The lowest BCUT2D eigenvalue weighted by atomic mass is 10.0. The normalized spacial score (nSPS) is 12.8. The Hall–Kier alpha value is -3.67. The Kier molecular flexibility index (Phi) is 5.01. The van der Waals surface area contributed by atoms with Gasteiger partial charge in [-0.25, -0.2) is 4.99 Å². The van der Waals surface area contributed by atoms with Crippen molar-refractivity contribution in [3.63, 3.8) is 0 Å². The number of amidine groups is 1. The van der Waals surface area contributed by atoms with Crippen LogP contribution in [0.15, 0.2) is 77.1 Å². The molecule has 0 spiro atoms. The molecular formula is C22H20N4O2. The first-order chi connectivity index (χ1) is 13.8. The predicted molar refractivity (Wildman–Crippen MR) is 110 cm³/mol. The van der Waals surface area contributed by atoms with Gasteiger partial charge in [0.05, 0.1) is 19.4 Å². The number of rotatable bonds is 5. The topological polar surface area (TPSA) is 68.1 Å². The summed E-state index contributed by atoms with van der Waals surface area (Å²) in [6.07, 6.45) is 3.47. The van der Waals surface area contributed by atoms with Gasteiger partial charge in [0, 0.05) is 29.1 Å². The first-order valence-corrected chi connectivity index (χ1v) is 9.03. The van der Waals surface area contributed by atoms with E-state index in [1.54, 1.807) is 19.5 Å². The van der Waals surface area contributed by atoms with Crippen LogP contribution in [-0.4, -0.2) is 30.2 Å². The summed E-state index contributed by atoms with van der Waals surface area (Å²) in [7, 11) is 1.65. The number of pyridine rings is 1. The maximum Gasteiger partial charge on any atom is 0.154 e. The van der Waals surface area contributed by atoms with Gasteiger partial charge in [-0.05, 0) is 61.5 Å². The second-order valence-corrected chi connectivity index (χ2v) is 6.11. The quantitative estimate of drug-likeness (QED) is 0.737. The molecule has 1 N–H and O–H groups in total. The molecule has 1 aromatic heterocycles. The molecule has 0 fully saturated rings. The fourth-order valence-electron chi connectivity index (χ4n) is 2.98. The highest BCUT2D eigenvalue weighted by molar-refractivity contribution is 6.18. The Balaban J connectivity index is 1.81. The summed E-state index contributed by atoms with van der Waals surface area (Å²) in [6.45, 7) is 2.60. The van der Waals surface area contributed by atoms with E-state index in [2.05, 4.69) is 15.5 Å². The van der Waals surface area contributed by atoms with Crippen LogP contribution in [0.25, 0.3) is 0 Å². The molecular weight excluding hydrogens is 352 g/mol. The number of methoxy groups -OCH3 is 1. The van der Waals surface area contributed by atoms with E-state index in [4.69, 9.17) is 14.5 Å². The molecule has 4 rings (SSSR count). The molecule has 0 atom stereocenters. The zero-order valence-corrected chi connectivity index (χ0v) is 15.7. The Morgan fingerprint density at radius 2 is 1.64 bits per heavy atom. The molecule has 0 saturated carbocycles. The third-order valence-electron chi connectivity index (χ3n) is 4.36. The summed E-state index contributed by atoms with van der Waals surface area (Å²) in [5.41, 5.74) is 7.46. The van der Waals surface area contributed by atoms with Crippen LogP contribution in [0.4, 0.5) is 5.69 Å². The SMILES string of the molecule is CCOc1ccc(C2=NNC(c3ccncc3)=Nc3ccc(OC)cc32)cc1. The van der Waals surface area contributed by atoms with Crippen LogP contribution in [0, 0.1) is 0 Å². The van der Waals surface area contributed by atoms with Crippen molar-refractivity contribution in [2.45, 2.75) is 6.92 Å². The molecule has 140 valence electrons. The third-order valence-corrected chi connectivity index (χ3v) is 4.36. The average molecular weight is 372 g/mol. The first kappa shape index (κ1) is 17.7. The number of aromatic nitrogens is 1. The van der Waals surface area contributed by atoms with E-state index in [1.165, 1.54) is 0 Å². The molecule has 1 aliphatic rings.